The van der Waals surface area contributed by atoms with E-state index in [0.29, 0.717) is 17.4 Å². The highest BCUT2D eigenvalue weighted by atomic mass is 32.1. The number of hydrogen-bond acceptors (Lipinski definition) is 4. The van der Waals surface area contributed by atoms with Gasteiger partial charge in [0.1, 0.15) is 0 Å². The molecule has 1 aliphatic carbocycles. The van der Waals surface area contributed by atoms with Gasteiger partial charge < -0.3 is 15.7 Å². The molecule has 104 valence electrons. The molecule has 0 unspecified atom stereocenters. The summed E-state index contributed by atoms with van der Waals surface area (Å²) in [6, 6.07) is 9.57. The van der Waals surface area contributed by atoms with Gasteiger partial charge in [-0.3, -0.25) is 0 Å². The summed E-state index contributed by atoms with van der Waals surface area (Å²) in [4.78, 5) is 14.8. The van der Waals surface area contributed by atoms with E-state index in [1.807, 2.05) is 11.4 Å². The van der Waals surface area contributed by atoms with Crippen LogP contribution in [0, 0.1) is 0 Å². The maximum atomic E-state index is 11.4. The summed E-state index contributed by atoms with van der Waals surface area (Å²) in [5.74, 6) is -0.927. The molecule has 0 atom stereocenters. The van der Waals surface area contributed by atoms with Crippen LogP contribution in [0.3, 0.4) is 0 Å². The van der Waals surface area contributed by atoms with Gasteiger partial charge in [0, 0.05) is 10.9 Å². The van der Waals surface area contributed by atoms with Crippen molar-refractivity contribution in [3.05, 3.63) is 46.2 Å². The number of anilines is 2. The number of nitrogens with zero attached hydrogens (tertiary/aromatic N) is 1. The minimum atomic E-state index is -0.927. The van der Waals surface area contributed by atoms with Gasteiger partial charge in [-0.2, -0.15) is 0 Å². The number of carboxylic acids is 1. The molecule has 0 radical (unpaired) electrons. The first-order chi connectivity index (χ1) is 9.66. The summed E-state index contributed by atoms with van der Waals surface area (Å²) >= 11 is 1.68. The van der Waals surface area contributed by atoms with Gasteiger partial charge in [0.25, 0.3) is 0 Å². The maximum Gasteiger partial charge on any atom is 0.337 e. The van der Waals surface area contributed by atoms with Crippen LogP contribution in [0.4, 0.5) is 11.4 Å². The summed E-state index contributed by atoms with van der Waals surface area (Å²) in [7, 11) is 0. The zero-order valence-electron chi connectivity index (χ0n) is 11.0. The summed E-state index contributed by atoms with van der Waals surface area (Å²) in [6.45, 7) is 0.719. The second-order valence-corrected chi connectivity index (χ2v) is 6.02. The number of nitrogen functional groups attached to an aromatic ring is 1. The Hall–Kier alpha value is -2.01. The van der Waals surface area contributed by atoms with Crippen molar-refractivity contribution in [1.29, 1.82) is 0 Å². The van der Waals surface area contributed by atoms with E-state index >= 15 is 0 Å². The topological polar surface area (TPSA) is 66.6 Å². The van der Waals surface area contributed by atoms with Crippen molar-refractivity contribution in [3.63, 3.8) is 0 Å². The lowest BCUT2D eigenvalue weighted by molar-refractivity contribution is 0.0697. The smallest absolute Gasteiger partial charge is 0.337 e. The zero-order chi connectivity index (χ0) is 14.1. The monoisotopic (exact) mass is 288 g/mol. The summed E-state index contributed by atoms with van der Waals surface area (Å²) in [5, 5.41) is 11.4. The molecule has 3 rings (SSSR count). The van der Waals surface area contributed by atoms with Crippen molar-refractivity contribution in [2.24, 2.45) is 0 Å². The van der Waals surface area contributed by atoms with E-state index in [1.165, 1.54) is 4.88 Å². The van der Waals surface area contributed by atoms with Crippen LogP contribution in [0.25, 0.3) is 0 Å². The normalized spacial score (nSPS) is 14.2. The fraction of sp³-hybridized carbons (Fsp3) is 0.267. The van der Waals surface area contributed by atoms with Crippen molar-refractivity contribution < 1.29 is 9.90 Å². The molecule has 1 aliphatic rings. The molecular weight excluding hydrogens is 272 g/mol. The molecule has 2 aromatic rings. The third kappa shape index (κ3) is 2.49. The van der Waals surface area contributed by atoms with E-state index in [9.17, 15) is 9.90 Å². The van der Waals surface area contributed by atoms with E-state index in [1.54, 1.807) is 29.5 Å². The first-order valence-electron chi connectivity index (χ1n) is 6.57. The molecule has 0 aliphatic heterocycles. The molecule has 4 nitrogen and oxygen atoms in total. The highest BCUT2D eigenvalue weighted by Crippen LogP contribution is 2.38. The van der Waals surface area contributed by atoms with E-state index in [0.717, 1.165) is 19.4 Å². The molecule has 1 fully saturated rings. The molecule has 0 spiro atoms. The standard InChI is InChI=1S/C15H16N2O2S/c16-13-5-1-4-12(15(18)19)14(13)17(10-6-7-10)9-11-3-2-8-20-11/h1-5,8,10H,6-7,9,16H2,(H,18,19). The Morgan fingerprint density at radius 1 is 1.35 bits per heavy atom. The van der Waals surface area contributed by atoms with Crippen LogP contribution < -0.4 is 10.6 Å². The van der Waals surface area contributed by atoms with Crippen LogP contribution >= 0.6 is 11.3 Å². The Balaban J connectivity index is 2.01. The lowest BCUT2D eigenvalue weighted by Gasteiger charge is -2.27. The van der Waals surface area contributed by atoms with Crippen molar-refractivity contribution in [3.8, 4) is 0 Å². The fourth-order valence-electron chi connectivity index (χ4n) is 2.40. The van der Waals surface area contributed by atoms with Crippen LogP contribution in [-0.4, -0.2) is 17.1 Å². The Labute approximate surface area is 121 Å². The minimum absolute atomic E-state index is 0.286. The number of carbonyl (C=O) groups is 1. The van der Waals surface area contributed by atoms with Crippen LogP contribution in [0.2, 0.25) is 0 Å². The minimum Gasteiger partial charge on any atom is -0.478 e. The second-order valence-electron chi connectivity index (χ2n) is 4.99. The third-order valence-electron chi connectivity index (χ3n) is 3.48. The average Bonchev–Trinajstić information content (AvgIpc) is 3.13. The molecule has 1 saturated carbocycles. The predicted octanol–water partition coefficient (Wildman–Crippen LogP) is 3.20. The van der Waals surface area contributed by atoms with Gasteiger partial charge in [-0.1, -0.05) is 12.1 Å². The summed E-state index contributed by atoms with van der Waals surface area (Å²) < 4.78 is 0. The van der Waals surface area contributed by atoms with Gasteiger partial charge in [0.15, 0.2) is 0 Å². The molecule has 0 saturated heterocycles. The number of thiophene rings is 1. The highest BCUT2D eigenvalue weighted by Gasteiger charge is 2.32. The number of para-hydroxylation sites is 1. The summed E-state index contributed by atoms with van der Waals surface area (Å²) in [6.07, 6.45) is 2.19. The molecule has 5 heteroatoms. The van der Waals surface area contributed by atoms with Crippen molar-refractivity contribution in [1.82, 2.24) is 0 Å². The molecule has 1 heterocycles. The van der Waals surface area contributed by atoms with E-state index in [4.69, 9.17) is 5.73 Å². The van der Waals surface area contributed by atoms with Gasteiger partial charge in [0.05, 0.1) is 23.5 Å². The number of rotatable bonds is 5. The zero-order valence-corrected chi connectivity index (χ0v) is 11.8. The molecule has 1 aromatic heterocycles. The second kappa shape index (κ2) is 5.17. The Morgan fingerprint density at radius 2 is 2.15 bits per heavy atom. The fourth-order valence-corrected chi connectivity index (χ4v) is 3.10. The van der Waals surface area contributed by atoms with Crippen LogP contribution in [0.1, 0.15) is 28.1 Å². The number of nitrogens with two attached hydrogens (primary N) is 1. The number of benzene rings is 1. The number of hydrogen-bond donors (Lipinski definition) is 2. The first-order valence-corrected chi connectivity index (χ1v) is 7.45. The Bertz CT molecular complexity index is 621. The maximum absolute atomic E-state index is 11.4. The average molecular weight is 288 g/mol. The molecular formula is C15H16N2O2S. The van der Waals surface area contributed by atoms with E-state index in [-0.39, 0.29) is 5.56 Å². The van der Waals surface area contributed by atoms with Crippen molar-refractivity contribution in [2.45, 2.75) is 25.4 Å². The molecule has 1 aromatic carbocycles. The molecule has 20 heavy (non-hydrogen) atoms. The number of aromatic carboxylic acids is 1. The lowest BCUT2D eigenvalue weighted by Crippen LogP contribution is -2.27. The van der Waals surface area contributed by atoms with Crippen LogP contribution in [0.15, 0.2) is 35.7 Å². The van der Waals surface area contributed by atoms with E-state index < -0.39 is 5.97 Å². The highest BCUT2D eigenvalue weighted by molar-refractivity contribution is 7.09. The third-order valence-corrected chi connectivity index (χ3v) is 4.34. The van der Waals surface area contributed by atoms with Gasteiger partial charge in [-0.25, -0.2) is 4.79 Å². The van der Waals surface area contributed by atoms with E-state index in [2.05, 4.69) is 11.0 Å². The summed E-state index contributed by atoms with van der Waals surface area (Å²) in [5.41, 5.74) is 7.54. The quantitative estimate of drug-likeness (QED) is 0.829. The van der Waals surface area contributed by atoms with Gasteiger partial charge in [-0.15, -0.1) is 11.3 Å². The Morgan fingerprint density at radius 3 is 2.75 bits per heavy atom. The van der Waals surface area contributed by atoms with Gasteiger partial charge in [0.2, 0.25) is 0 Å². The van der Waals surface area contributed by atoms with Gasteiger partial charge >= 0.3 is 5.97 Å². The lowest BCUT2D eigenvalue weighted by atomic mass is 10.1. The SMILES string of the molecule is Nc1cccc(C(=O)O)c1N(Cc1cccs1)C1CC1. The van der Waals surface area contributed by atoms with Crippen molar-refractivity contribution in [2.75, 3.05) is 10.6 Å². The van der Waals surface area contributed by atoms with Crippen molar-refractivity contribution >= 4 is 28.7 Å². The predicted molar refractivity (Wildman–Crippen MR) is 81.3 cm³/mol. The van der Waals surface area contributed by atoms with Crippen LogP contribution in [-0.2, 0) is 6.54 Å². The molecule has 0 bridgehead atoms. The Kier molecular flexibility index (Phi) is 3.36. The molecule has 0 amide bonds. The molecule has 3 N–H and O–H groups in total. The van der Waals surface area contributed by atoms with Gasteiger partial charge in [-0.05, 0) is 36.4 Å². The largest absolute Gasteiger partial charge is 0.478 e. The van der Waals surface area contributed by atoms with Crippen LogP contribution in [0.5, 0.6) is 0 Å². The first kappa shape index (κ1) is 13.0. The number of carboxylic acid groups (broad SMARTS) is 1.